The lowest BCUT2D eigenvalue weighted by Crippen LogP contribution is -2.59. The molecule has 0 heterocycles. The van der Waals surface area contributed by atoms with Crippen molar-refractivity contribution in [1.82, 2.24) is 10.6 Å². The fourth-order valence-electron chi connectivity index (χ4n) is 10.7. The van der Waals surface area contributed by atoms with Crippen LogP contribution in [0.15, 0.2) is 0 Å². The summed E-state index contributed by atoms with van der Waals surface area (Å²) in [6.45, 7) is 15.3. The third-order valence-corrected chi connectivity index (χ3v) is 13.6. The Hall–Kier alpha value is -0.290. The van der Waals surface area contributed by atoms with Gasteiger partial charge in [0, 0.05) is 6.04 Å². The maximum atomic E-state index is 11.8. The SMILES string of the molecule is CC(C)C(CC[C@@H](C)C1CCC2C3C(CC[C@@]21C)[C@@]1(C)CC[C@H](NCCCNCCCCN)C[C@@H]1C[C@H]3O)OS(=O)(=O)O. The number of hydrogen-bond donors (Lipinski definition) is 5. The summed E-state index contributed by atoms with van der Waals surface area (Å²) in [5, 5.41) is 19.2. The quantitative estimate of drug-likeness (QED) is 0.111. The third kappa shape index (κ3) is 8.36. The van der Waals surface area contributed by atoms with Crippen LogP contribution in [-0.2, 0) is 14.6 Å². The summed E-state index contributed by atoms with van der Waals surface area (Å²) >= 11 is 0. The highest BCUT2D eigenvalue weighted by Gasteiger charge is 2.62. The van der Waals surface area contributed by atoms with Crippen molar-refractivity contribution in [2.75, 3.05) is 26.2 Å². The normalized spacial score (nSPS) is 39.2. The first-order valence-electron chi connectivity index (χ1n) is 17.8. The summed E-state index contributed by atoms with van der Waals surface area (Å²) in [7, 11) is -4.45. The molecule has 4 aliphatic rings. The van der Waals surface area contributed by atoms with Crippen molar-refractivity contribution >= 4 is 10.4 Å². The maximum absolute atomic E-state index is 11.8. The second-order valence-electron chi connectivity index (χ2n) is 15.9. The first kappa shape index (κ1) is 35.6. The number of aliphatic hydroxyl groups excluding tert-OH is 1. The van der Waals surface area contributed by atoms with Crippen molar-refractivity contribution in [2.45, 2.75) is 136 Å². The van der Waals surface area contributed by atoms with Gasteiger partial charge in [-0.15, -0.1) is 0 Å². The number of nitrogens with one attached hydrogen (secondary N) is 2. The minimum absolute atomic E-state index is 0.0152. The van der Waals surface area contributed by atoms with Crippen LogP contribution in [0.25, 0.3) is 0 Å². The topological polar surface area (TPSA) is 134 Å². The molecular formula is C34H65N3O5S. The Morgan fingerprint density at radius 1 is 0.907 bits per heavy atom. The van der Waals surface area contributed by atoms with E-state index < -0.39 is 16.5 Å². The second-order valence-corrected chi connectivity index (χ2v) is 17.0. The molecule has 9 heteroatoms. The first-order valence-corrected chi connectivity index (χ1v) is 19.1. The van der Waals surface area contributed by atoms with Gasteiger partial charge in [-0.05, 0) is 162 Å². The molecular weight excluding hydrogens is 562 g/mol. The summed E-state index contributed by atoms with van der Waals surface area (Å²) in [5.74, 6) is 3.21. The molecule has 0 aromatic rings. The van der Waals surface area contributed by atoms with Crippen LogP contribution in [0.5, 0.6) is 0 Å². The molecule has 0 saturated heterocycles. The molecule has 0 aliphatic heterocycles. The Morgan fingerprint density at radius 2 is 1.60 bits per heavy atom. The highest BCUT2D eigenvalue weighted by Crippen LogP contribution is 2.68. The van der Waals surface area contributed by atoms with Crippen LogP contribution in [0.1, 0.15) is 118 Å². The van der Waals surface area contributed by atoms with E-state index in [1.165, 1.54) is 44.9 Å². The third-order valence-electron chi connectivity index (χ3n) is 13.1. The molecule has 5 unspecified atom stereocenters. The number of hydrogen-bond acceptors (Lipinski definition) is 7. The van der Waals surface area contributed by atoms with Gasteiger partial charge in [0.25, 0.3) is 0 Å². The fourth-order valence-corrected chi connectivity index (χ4v) is 11.3. The van der Waals surface area contributed by atoms with E-state index in [0.717, 1.165) is 58.3 Å². The molecule has 11 atom stereocenters. The van der Waals surface area contributed by atoms with Gasteiger partial charge in [-0.1, -0.05) is 34.6 Å². The fraction of sp³-hybridized carbons (Fsp3) is 1.00. The van der Waals surface area contributed by atoms with Gasteiger partial charge in [0.05, 0.1) is 12.2 Å². The number of nitrogens with two attached hydrogens (primary N) is 1. The van der Waals surface area contributed by atoms with E-state index in [-0.39, 0.29) is 17.4 Å². The minimum atomic E-state index is -4.45. The van der Waals surface area contributed by atoms with Crippen LogP contribution in [0.4, 0.5) is 0 Å². The molecule has 4 rings (SSSR count). The van der Waals surface area contributed by atoms with Crippen LogP contribution < -0.4 is 16.4 Å². The molecule has 4 saturated carbocycles. The molecule has 4 fully saturated rings. The largest absolute Gasteiger partial charge is 0.397 e. The molecule has 0 aromatic carbocycles. The van der Waals surface area contributed by atoms with Crippen molar-refractivity contribution in [2.24, 2.45) is 58.0 Å². The summed E-state index contributed by atoms with van der Waals surface area (Å²) < 4.78 is 37.1. The number of aliphatic hydroxyl groups is 1. The maximum Gasteiger partial charge on any atom is 0.397 e. The van der Waals surface area contributed by atoms with E-state index in [2.05, 4.69) is 31.4 Å². The van der Waals surface area contributed by atoms with Gasteiger partial charge in [0.15, 0.2) is 0 Å². The number of unbranched alkanes of at least 4 members (excludes halogenated alkanes) is 1. The Bertz CT molecular complexity index is 981. The molecule has 252 valence electrons. The van der Waals surface area contributed by atoms with Gasteiger partial charge in [-0.3, -0.25) is 4.55 Å². The Balaban J connectivity index is 1.32. The lowest BCUT2D eigenvalue weighted by molar-refractivity contribution is -0.167. The lowest BCUT2D eigenvalue weighted by Gasteiger charge is -2.62. The molecule has 0 aromatic heterocycles. The molecule has 6 N–H and O–H groups in total. The van der Waals surface area contributed by atoms with Crippen molar-refractivity contribution in [1.29, 1.82) is 0 Å². The van der Waals surface area contributed by atoms with Gasteiger partial charge in [0.1, 0.15) is 0 Å². The molecule has 0 spiro atoms. The summed E-state index contributed by atoms with van der Waals surface area (Å²) in [6, 6.07) is 0.573. The Labute approximate surface area is 263 Å². The Morgan fingerprint density at radius 3 is 2.30 bits per heavy atom. The van der Waals surface area contributed by atoms with Crippen LogP contribution in [-0.4, -0.2) is 62.5 Å². The lowest BCUT2D eigenvalue weighted by atomic mass is 9.43. The number of fused-ring (bicyclic) bond motifs is 5. The van der Waals surface area contributed by atoms with Crippen LogP contribution >= 0.6 is 0 Å². The zero-order valence-electron chi connectivity index (χ0n) is 27.9. The molecule has 4 aliphatic carbocycles. The van der Waals surface area contributed by atoms with E-state index in [9.17, 15) is 18.1 Å². The van der Waals surface area contributed by atoms with Crippen molar-refractivity contribution in [3.05, 3.63) is 0 Å². The van der Waals surface area contributed by atoms with E-state index in [1.54, 1.807) is 0 Å². The standard InChI is InChI=1S/C34H65N3O5S/c1-23(2)31(42-43(39,40)41)12-9-24(3)27-10-11-28-32-29(14-16-34(27,28)5)33(4)15-13-26(21-25(33)22-30(32)38)37-20-8-19-36-18-7-6-17-35/h23-32,36-38H,6-22,35H2,1-5H3,(H,39,40,41)/t24-,25-,26+,27?,28?,29?,30-,31?,32?,33+,34-/m1/s1. The van der Waals surface area contributed by atoms with Gasteiger partial charge in [-0.2, -0.15) is 8.42 Å². The van der Waals surface area contributed by atoms with Gasteiger partial charge < -0.3 is 21.5 Å². The molecule has 0 amide bonds. The minimum Gasteiger partial charge on any atom is -0.393 e. The first-order chi connectivity index (χ1) is 20.3. The van der Waals surface area contributed by atoms with Gasteiger partial charge in [0.2, 0.25) is 0 Å². The summed E-state index contributed by atoms with van der Waals surface area (Å²) in [6.07, 6.45) is 13.7. The highest BCUT2D eigenvalue weighted by atomic mass is 32.3. The Kier molecular flexibility index (Phi) is 12.5. The van der Waals surface area contributed by atoms with E-state index >= 15 is 0 Å². The van der Waals surface area contributed by atoms with Gasteiger partial charge in [-0.25, -0.2) is 4.18 Å². The van der Waals surface area contributed by atoms with Crippen molar-refractivity contribution in [3.8, 4) is 0 Å². The summed E-state index contributed by atoms with van der Waals surface area (Å²) in [5.41, 5.74) is 6.13. The zero-order valence-corrected chi connectivity index (χ0v) is 28.7. The highest BCUT2D eigenvalue weighted by molar-refractivity contribution is 7.80. The predicted molar refractivity (Wildman–Crippen MR) is 174 cm³/mol. The predicted octanol–water partition coefficient (Wildman–Crippen LogP) is 5.55. The smallest absolute Gasteiger partial charge is 0.393 e. The van der Waals surface area contributed by atoms with E-state index in [0.29, 0.717) is 53.4 Å². The molecule has 43 heavy (non-hydrogen) atoms. The zero-order chi connectivity index (χ0) is 31.4. The van der Waals surface area contributed by atoms with Crippen LogP contribution in [0.2, 0.25) is 0 Å². The van der Waals surface area contributed by atoms with Crippen molar-refractivity contribution in [3.63, 3.8) is 0 Å². The average molecular weight is 628 g/mol. The molecule has 0 radical (unpaired) electrons. The average Bonchev–Trinajstić information content (AvgIpc) is 3.29. The van der Waals surface area contributed by atoms with Crippen LogP contribution in [0.3, 0.4) is 0 Å². The van der Waals surface area contributed by atoms with E-state index in [1.807, 2.05) is 13.8 Å². The second kappa shape index (κ2) is 15.1. The monoisotopic (exact) mass is 627 g/mol. The van der Waals surface area contributed by atoms with Crippen molar-refractivity contribution < 1.29 is 22.3 Å². The summed E-state index contributed by atoms with van der Waals surface area (Å²) in [4.78, 5) is 0. The molecule has 0 bridgehead atoms. The number of rotatable bonds is 16. The molecule has 8 nitrogen and oxygen atoms in total. The van der Waals surface area contributed by atoms with Gasteiger partial charge >= 0.3 is 10.4 Å². The van der Waals surface area contributed by atoms with Crippen LogP contribution in [0, 0.1) is 52.3 Å². The van der Waals surface area contributed by atoms with E-state index in [4.69, 9.17) is 9.92 Å².